The van der Waals surface area contributed by atoms with Gasteiger partial charge in [0.2, 0.25) is 0 Å². The van der Waals surface area contributed by atoms with E-state index >= 15 is 0 Å². The molecule has 0 bridgehead atoms. The number of aryl methyl sites for hydroxylation is 1. The maximum Gasteiger partial charge on any atom is 0.315 e. The van der Waals surface area contributed by atoms with Crippen molar-refractivity contribution in [3.63, 3.8) is 0 Å². The molecule has 0 aliphatic heterocycles. The van der Waals surface area contributed by atoms with E-state index in [9.17, 15) is 24.8 Å². The number of hydrogen-bond acceptors (Lipinski definition) is 4. The lowest BCUT2D eigenvalue weighted by Crippen LogP contribution is -2.46. The van der Waals surface area contributed by atoms with Crippen LogP contribution in [0, 0.1) is 17.0 Å². The van der Waals surface area contributed by atoms with Crippen LogP contribution in [0.3, 0.4) is 0 Å². The van der Waals surface area contributed by atoms with Crippen molar-refractivity contribution in [2.45, 2.75) is 25.7 Å². The van der Waals surface area contributed by atoms with Crippen LogP contribution in [0.2, 0.25) is 0 Å². The zero-order chi connectivity index (χ0) is 19.3. The fourth-order valence-electron chi connectivity index (χ4n) is 2.86. The van der Waals surface area contributed by atoms with E-state index in [1.807, 2.05) is 0 Å². The Kier molecular flexibility index (Phi) is 5.71. The summed E-state index contributed by atoms with van der Waals surface area (Å²) in [5, 5.41) is 23.5. The van der Waals surface area contributed by atoms with Crippen LogP contribution >= 0.6 is 0 Å². The van der Waals surface area contributed by atoms with Gasteiger partial charge in [0.1, 0.15) is 11.0 Å². The van der Waals surface area contributed by atoms with Crippen molar-refractivity contribution < 1.29 is 19.6 Å². The molecule has 0 aliphatic carbocycles. The molecule has 0 aromatic heterocycles. The molecule has 1 amide bonds. The molecule has 1 unspecified atom stereocenters. The van der Waals surface area contributed by atoms with Gasteiger partial charge < -0.3 is 10.4 Å². The zero-order valence-corrected chi connectivity index (χ0v) is 14.6. The van der Waals surface area contributed by atoms with E-state index in [1.54, 1.807) is 50.2 Å². The predicted molar refractivity (Wildman–Crippen MR) is 96.2 cm³/mol. The Hall–Kier alpha value is -3.22. The number of nitrogens with zero attached hydrogens (tertiary/aromatic N) is 1. The van der Waals surface area contributed by atoms with Crippen LogP contribution in [-0.4, -0.2) is 28.5 Å². The molecule has 2 aromatic carbocycles. The molecule has 2 aromatic rings. The minimum absolute atomic E-state index is 0.0848. The quantitative estimate of drug-likeness (QED) is 0.585. The summed E-state index contributed by atoms with van der Waals surface area (Å²) in [6, 6.07) is 12.9. The Morgan fingerprint density at radius 3 is 2.38 bits per heavy atom. The number of amides is 1. The average molecular weight is 356 g/mol. The highest BCUT2D eigenvalue weighted by Crippen LogP contribution is 2.28. The molecular formula is C19H20N2O5. The van der Waals surface area contributed by atoms with Gasteiger partial charge in [0.25, 0.3) is 11.6 Å². The molecule has 0 saturated carbocycles. The molecule has 0 radical (unpaired) electrons. The van der Waals surface area contributed by atoms with Crippen molar-refractivity contribution in [2.24, 2.45) is 0 Å². The smallest absolute Gasteiger partial charge is 0.315 e. The van der Waals surface area contributed by atoms with E-state index in [0.29, 0.717) is 11.1 Å². The van der Waals surface area contributed by atoms with E-state index < -0.39 is 22.2 Å². The molecule has 7 nitrogen and oxygen atoms in total. The van der Waals surface area contributed by atoms with Crippen molar-refractivity contribution >= 4 is 17.6 Å². The number of nitro benzene ring substituents is 1. The molecule has 2 N–H and O–H groups in total. The van der Waals surface area contributed by atoms with Gasteiger partial charge >= 0.3 is 5.97 Å². The van der Waals surface area contributed by atoms with Crippen LogP contribution < -0.4 is 5.32 Å². The first kappa shape index (κ1) is 19.1. The minimum Gasteiger partial charge on any atom is -0.481 e. The fraction of sp³-hybridized carbons (Fsp3) is 0.263. The van der Waals surface area contributed by atoms with Gasteiger partial charge in [-0.2, -0.15) is 0 Å². The Balaban J connectivity index is 2.33. The standard InChI is InChI=1S/C19H20N2O5/c1-3-19(18(23)24,14-7-5-4-6-8-14)12-20-17(22)15-11-13(2)9-10-16(15)21(25)26/h4-11H,3,12H2,1-2H3,(H,20,22)(H,23,24). The third-order valence-electron chi connectivity index (χ3n) is 4.48. The summed E-state index contributed by atoms with van der Waals surface area (Å²) in [5.74, 6) is -1.74. The highest BCUT2D eigenvalue weighted by Gasteiger charge is 2.39. The van der Waals surface area contributed by atoms with Crippen LogP contribution in [-0.2, 0) is 10.2 Å². The first-order valence-corrected chi connectivity index (χ1v) is 8.14. The van der Waals surface area contributed by atoms with Crippen molar-refractivity contribution in [3.05, 3.63) is 75.3 Å². The fourth-order valence-corrected chi connectivity index (χ4v) is 2.86. The van der Waals surface area contributed by atoms with E-state index in [0.717, 1.165) is 0 Å². The number of carboxylic acids is 1. The van der Waals surface area contributed by atoms with Crippen LogP contribution in [0.15, 0.2) is 48.5 Å². The molecule has 0 spiro atoms. The number of benzene rings is 2. The Bertz CT molecular complexity index is 835. The van der Waals surface area contributed by atoms with E-state index in [-0.39, 0.29) is 24.2 Å². The topological polar surface area (TPSA) is 110 Å². The number of carbonyl (C=O) groups excluding carboxylic acids is 1. The van der Waals surface area contributed by atoms with Crippen LogP contribution in [0.4, 0.5) is 5.69 Å². The van der Waals surface area contributed by atoms with Gasteiger partial charge in [-0.15, -0.1) is 0 Å². The lowest BCUT2D eigenvalue weighted by atomic mass is 9.78. The third-order valence-corrected chi connectivity index (χ3v) is 4.48. The summed E-state index contributed by atoms with van der Waals surface area (Å²) in [4.78, 5) is 35.0. The highest BCUT2D eigenvalue weighted by atomic mass is 16.6. The van der Waals surface area contributed by atoms with Gasteiger partial charge in [-0.3, -0.25) is 19.7 Å². The minimum atomic E-state index is -1.31. The van der Waals surface area contributed by atoms with Crippen molar-refractivity contribution in [1.82, 2.24) is 5.32 Å². The maximum absolute atomic E-state index is 12.5. The van der Waals surface area contributed by atoms with Crippen molar-refractivity contribution in [2.75, 3.05) is 6.54 Å². The number of nitrogens with one attached hydrogen (secondary N) is 1. The van der Waals surface area contributed by atoms with Crippen LogP contribution in [0.25, 0.3) is 0 Å². The summed E-state index contributed by atoms with van der Waals surface area (Å²) >= 11 is 0. The zero-order valence-electron chi connectivity index (χ0n) is 14.6. The number of carbonyl (C=O) groups is 2. The molecule has 7 heteroatoms. The lowest BCUT2D eigenvalue weighted by Gasteiger charge is -2.29. The Morgan fingerprint density at radius 2 is 1.85 bits per heavy atom. The summed E-state index contributed by atoms with van der Waals surface area (Å²) < 4.78 is 0. The number of rotatable bonds is 7. The van der Waals surface area contributed by atoms with Crippen molar-refractivity contribution in [1.29, 1.82) is 0 Å². The molecule has 0 saturated heterocycles. The number of hydrogen-bond donors (Lipinski definition) is 2. The Morgan fingerprint density at radius 1 is 1.19 bits per heavy atom. The third kappa shape index (κ3) is 3.72. The lowest BCUT2D eigenvalue weighted by molar-refractivity contribution is -0.385. The second kappa shape index (κ2) is 7.77. The number of nitro groups is 1. The highest BCUT2D eigenvalue weighted by molar-refractivity contribution is 5.98. The van der Waals surface area contributed by atoms with Gasteiger partial charge in [0.15, 0.2) is 0 Å². The van der Waals surface area contributed by atoms with Crippen molar-refractivity contribution in [3.8, 4) is 0 Å². The average Bonchev–Trinajstić information content (AvgIpc) is 2.62. The second-order valence-electron chi connectivity index (χ2n) is 6.07. The number of carboxylic acid groups (broad SMARTS) is 1. The summed E-state index contributed by atoms with van der Waals surface area (Å²) in [6.07, 6.45) is 0.253. The SMILES string of the molecule is CCC(CNC(=O)c1cc(C)ccc1[N+](=O)[O-])(C(=O)O)c1ccccc1. The molecule has 0 heterocycles. The first-order chi connectivity index (χ1) is 12.3. The molecule has 1 atom stereocenters. The molecule has 0 aliphatic rings. The summed E-state index contributed by atoms with van der Waals surface area (Å²) in [6.45, 7) is 3.27. The van der Waals surface area contributed by atoms with Gasteiger partial charge in [-0.05, 0) is 30.5 Å². The molecule has 2 rings (SSSR count). The molecule has 136 valence electrons. The van der Waals surface area contributed by atoms with Gasteiger partial charge in [0.05, 0.1) is 4.92 Å². The van der Waals surface area contributed by atoms with Gasteiger partial charge in [-0.1, -0.05) is 43.3 Å². The summed E-state index contributed by atoms with van der Waals surface area (Å²) in [7, 11) is 0. The summed E-state index contributed by atoms with van der Waals surface area (Å²) in [5.41, 5.74) is -0.447. The van der Waals surface area contributed by atoms with Crippen LogP contribution in [0.1, 0.15) is 34.8 Å². The van der Waals surface area contributed by atoms with Gasteiger partial charge in [0, 0.05) is 12.6 Å². The van der Waals surface area contributed by atoms with E-state index in [4.69, 9.17) is 0 Å². The van der Waals surface area contributed by atoms with E-state index in [2.05, 4.69) is 5.32 Å². The monoisotopic (exact) mass is 356 g/mol. The molecule has 26 heavy (non-hydrogen) atoms. The normalized spacial score (nSPS) is 12.8. The largest absolute Gasteiger partial charge is 0.481 e. The van der Waals surface area contributed by atoms with Gasteiger partial charge in [-0.25, -0.2) is 0 Å². The molecular weight excluding hydrogens is 336 g/mol. The second-order valence-corrected chi connectivity index (χ2v) is 6.07. The first-order valence-electron chi connectivity index (χ1n) is 8.14. The molecule has 0 fully saturated rings. The predicted octanol–water partition coefficient (Wildman–Crippen LogP) is 3.07. The number of aliphatic carboxylic acids is 1. The van der Waals surface area contributed by atoms with Crippen LogP contribution in [0.5, 0.6) is 0 Å². The Labute approximate surface area is 150 Å². The maximum atomic E-state index is 12.5. The van der Waals surface area contributed by atoms with E-state index in [1.165, 1.54) is 12.1 Å².